The van der Waals surface area contributed by atoms with Crippen molar-refractivity contribution in [3.8, 4) is 0 Å². The number of nitrogens with one attached hydrogen (secondary N) is 2. The Kier molecular flexibility index (Phi) is 2.87. The minimum atomic E-state index is -3.71. The summed E-state index contributed by atoms with van der Waals surface area (Å²) in [6.07, 6.45) is 1.43. The summed E-state index contributed by atoms with van der Waals surface area (Å²) in [6, 6.07) is 5.01. The highest BCUT2D eigenvalue weighted by molar-refractivity contribution is 7.93. The van der Waals surface area contributed by atoms with Crippen molar-refractivity contribution < 1.29 is 8.42 Å². The van der Waals surface area contributed by atoms with Gasteiger partial charge in [-0.05, 0) is 25.1 Å². The first-order valence-electron chi connectivity index (χ1n) is 5.65. The fraction of sp³-hybridized carbons (Fsp3) is 0.0909. The van der Waals surface area contributed by atoms with Crippen LogP contribution in [0.5, 0.6) is 0 Å². The first-order valence-corrected chi connectivity index (χ1v) is 7.95. The van der Waals surface area contributed by atoms with E-state index in [2.05, 4.69) is 19.9 Å². The number of aromatic amines is 1. The van der Waals surface area contributed by atoms with Crippen LogP contribution in [0.4, 0.5) is 10.8 Å². The van der Waals surface area contributed by atoms with Gasteiger partial charge in [-0.15, -0.1) is 10.2 Å². The van der Waals surface area contributed by atoms with Gasteiger partial charge in [-0.3, -0.25) is 4.72 Å². The van der Waals surface area contributed by atoms with Gasteiger partial charge in [0.1, 0.15) is 9.90 Å². The number of nitrogen functional groups attached to an aromatic ring is 1. The molecule has 0 radical (unpaired) electrons. The molecule has 0 aliphatic carbocycles. The third-order valence-corrected chi connectivity index (χ3v) is 4.97. The molecular formula is C11H11N5O2S2. The molecule has 20 heavy (non-hydrogen) atoms. The minimum Gasteiger partial charge on any atom is -0.399 e. The number of sulfonamides is 1. The van der Waals surface area contributed by atoms with E-state index in [1.807, 2.05) is 0 Å². The highest BCUT2D eigenvalue weighted by Crippen LogP contribution is 2.26. The number of nitrogens with zero attached hydrogens (tertiary/aromatic N) is 2. The average molecular weight is 309 g/mol. The molecule has 0 unspecified atom stereocenters. The van der Waals surface area contributed by atoms with E-state index < -0.39 is 10.0 Å². The van der Waals surface area contributed by atoms with Gasteiger partial charge in [-0.25, -0.2) is 8.42 Å². The van der Waals surface area contributed by atoms with Gasteiger partial charge in [-0.1, -0.05) is 11.3 Å². The summed E-state index contributed by atoms with van der Waals surface area (Å²) >= 11 is 1.18. The van der Waals surface area contributed by atoms with Crippen molar-refractivity contribution >= 4 is 43.1 Å². The van der Waals surface area contributed by atoms with E-state index in [0.29, 0.717) is 21.6 Å². The largest absolute Gasteiger partial charge is 0.399 e. The molecule has 0 fully saturated rings. The highest BCUT2D eigenvalue weighted by atomic mass is 32.2. The number of nitrogens with two attached hydrogens (primary N) is 1. The Bertz CT molecular complexity index is 881. The molecule has 0 saturated carbocycles. The molecule has 104 valence electrons. The second-order valence-electron chi connectivity index (χ2n) is 4.19. The van der Waals surface area contributed by atoms with E-state index in [9.17, 15) is 8.42 Å². The molecule has 1 aromatic carbocycles. The second-order valence-corrected chi connectivity index (χ2v) is 7.02. The quantitative estimate of drug-likeness (QED) is 0.637. The monoisotopic (exact) mass is 309 g/mol. The number of aromatic nitrogens is 3. The normalized spacial score (nSPS) is 11.8. The van der Waals surface area contributed by atoms with E-state index in [-0.39, 0.29) is 10.0 Å². The van der Waals surface area contributed by atoms with E-state index in [1.54, 1.807) is 25.1 Å². The van der Waals surface area contributed by atoms with Crippen molar-refractivity contribution in [2.24, 2.45) is 0 Å². The van der Waals surface area contributed by atoms with E-state index in [0.717, 1.165) is 0 Å². The molecule has 0 spiro atoms. The number of fused-ring (bicyclic) bond motifs is 1. The standard InChI is InChI=1S/C11H11N5O2S2/c1-6-14-15-11(19-6)16-20(17,18)10-5-13-9-4-7(12)2-3-8(9)10/h2-5,13H,12H2,1H3,(H,15,16). The first-order chi connectivity index (χ1) is 9.45. The molecule has 0 aliphatic rings. The lowest BCUT2D eigenvalue weighted by atomic mass is 10.2. The van der Waals surface area contributed by atoms with E-state index in [1.165, 1.54) is 17.5 Å². The van der Waals surface area contributed by atoms with Crippen LogP contribution in [0.15, 0.2) is 29.3 Å². The van der Waals surface area contributed by atoms with Gasteiger partial charge in [0.25, 0.3) is 10.0 Å². The molecule has 2 aromatic heterocycles. The maximum atomic E-state index is 12.3. The van der Waals surface area contributed by atoms with Crippen LogP contribution >= 0.6 is 11.3 Å². The van der Waals surface area contributed by atoms with Crippen molar-refractivity contribution in [3.05, 3.63) is 29.4 Å². The lowest BCUT2D eigenvalue weighted by Gasteiger charge is -2.03. The van der Waals surface area contributed by atoms with Gasteiger partial charge < -0.3 is 10.7 Å². The highest BCUT2D eigenvalue weighted by Gasteiger charge is 2.20. The molecule has 2 heterocycles. The summed E-state index contributed by atoms with van der Waals surface area (Å²) in [5.41, 5.74) is 6.90. The Balaban J connectivity index is 2.05. The second kappa shape index (κ2) is 4.46. The molecule has 9 heteroatoms. The fourth-order valence-corrected chi connectivity index (χ4v) is 3.85. The third kappa shape index (κ3) is 2.21. The van der Waals surface area contributed by atoms with E-state index in [4.69, 9.17) is 5.73 Å². The summed E-state index contributed by atoms with van der Waals surface area (Å²) in [5.74, 6) is 0. The lowest BCUT2D eigenvalue weighted by Crippen LogP contribution is -2.12. The maximum absolute atomic E-state index is 12.3. The first kappa shape index (κ1) is 12.9. The number of anilines is 2. The Morgan fingerprint density at radius 1 is 1.35 bits per heavy atom. The molecule has 4 N–H and O–H groups in total. The minimum absolute atomic E-state index is 0.153. The molecule has 0 atom stereocenters. The molecule has 0 aliphatic heterocycles. The molecule has 0 bridgehead atoms. The summed E-state index contributed by atoms with van der Waals surface area (Å²) < 4.78 is 27.1. The molecule has 0 saturated heterocycles. The van der Waals surface area contributed by atoms with Gasteiger partial charge in [-0.2, -0.15) is 0 Å². The van der Waals surface area contributed by atoms with Crippen LogP contribution in [-0.2, 0) is 10.0 Å². The lowest BCUT2D eigenvalue weighted by molar-refractivity contribution is 0.602. The van der Waals surface area contributed by atoms with Gasteiger partial charge in [0.2, 0.25) is 5.13 Å². The number of rotatable bonds is 3. The van der Waals surface area contributed by atoms with E-state index >= 15 is 0 Å². The summed E-state index contributed by atoms with van der Waals surface area (Å²) in [4.78, 5) is 3.05. The van der Waals surface area contributed by atoms with Crippen LogP contribution in [0, 0.1) is 6.92 Å². The number of benzene rings is 1. The third-order valence-electron chi connectivity index (χ3n) is 2.71. The summed E-state index contributed by atoms with van der Waals surface area (Å²) in [6.45, 7) is 1.75. The van der Waals surface area contributed by atoms with Gasteiger partial charge in [0.15, 0.2) is 0 Å². The Hall–Kier alpha value is -2.13. The number of aryl methyl sites for hydroxylation is 1. The van der Waals surface area contributed by atoms with Gasteiger partial charge in [0.05, 0.1) is 0 Å². The smallest absolute Gasteiger partial charge is 0.265 e. The summed E-state index contributed by atoms with van der Waals surface area (Å²) in [7, 11) is -3.71. The van der Waals surface area contributed by atoms with Crippen molar-refractivity contribution in [1.82, 2.24) is 15.2 Å². The van der Waals surface area contributed by atoms with Crippen LogP contribution in [0.25, 0.3) is 10.9 Å². The zero-order valence-electron chi connectivity index (χ0n) is 10.4. The average Bonchev–Trinajstić information content (AvgIpc) is 2.94. The zero-order valence-corrected chi connectivity index (χ0v) is 12.0. The molecule has 7 nitrogen and oxygen atoms in total. The molecule has 0 amide bonds. The SMILES string of the molecule is Cc1nnc(NS(=O)(=O)c2c[nH]c3cc(N)ccc23)s1. The van der Waals surface area contributed by atoms with Crippen molar-refractivity contribution in [3.63, 3.8) is 0 Å². The molecule has 3 aromatic rings. The maximum Gasteiger partial charge on any atom is 0.265 e. The molecule has 3 rings (SSSR count). The van der Waals surface area contributed by atoms with Gasteiger partial charge >= 0.3 is 0 Å². The zero-order chi connectivity index (χ0) is 14.3. The van der Waals surface area contributed by atoms with Gasteiger partial charge in [0, 0.05) is 22.8 Å². The number of hydrogen-bond acceptors (Lipinski definition) is 6. The number of hydrogen-bond donors (Lipinski definition) is 3. The predicted octanol–water partition coefficient (Wildman–Crippen LogP) is 1.71. The predicted molar refractivity (Wildman–Crippen MR) is 78.2 cm³/mol. The van der Waals surface area contributed by atoms with Crippen molar-refractivity contribution in [1.29, 1.82) is 0 Å². The van der Waals surface area contributed by atoms with Crippen molar-refractivity contribution in [2.45, 2.75) is 11.8 Å². The van der Waals surface area contributed by atoms with Crippen LogP contribution in [0.1, 0.15) is 5.01 Å². The Morgan fingerprint density at radius 3 is 2.85 bits per heavy atom. The van der Waals surface area contributed by atoms with Crippen LogP contribution in [-0.4, -0.2) is 23.6 Å². The summed E-state index contributed by atoms with van der Waals surface area (Å²) in [5, 5.41) is 9.04. The van der Waals surface area contributed by atoms with Crippen molar-refractivity contribution in [2.75, 3.05) is 10.5 Å². The molecular weight excluding hydrogens is 298 g/mol. The Labute approximate surface area is 118 Å². The topological polar surface area (TPSA) is 114 Å². The van der Waals surface area contributed by atoms with Crippen LogP contribution in [0.3, 0.4) is 0 Å². The van der Waals surface area contributed by atoms with Crippen LogP contribution in [0.2, 0.25) is 0 Å². The fourth-order valence-electron chi connectivity index (χ4n) is 1.85. The van der Waals surface area contributed by atoms with Crippen LogP contribution < -0.4 is 10.5 Å². The number of H-pyrrole nitrogens is 1. The Morgan fingerprint density at radius 2 is 2.15 bits per heavy atom.